The van der Waals surface area contributed by atoms with Gasteiger partial charge in [-0.2, -0.15) is 11.3 Å². The van der Waals surface area contributed by atoms with E-state index < -0.39 is 28.3 Å². The van der Waals surface area contributed by atoms with E-state index in [1.807, 2.05) is 16.8 Å². The molecule has 0 saturated carbocycles. The highest BCUT2D eigenvalue weighted by molar-refractivity contribution is 7.90. The summed E-state index contributed by atoms with van der Waals surface area (Å²) in [5, 5.41) is 7.14. The number of rotatable bonds is 6. The van der Waals surface area contributed by atoms with Crippen LogP contribution in [0.15, 0.2) is 46.0 Å². The zero-order chi connectivity index (χ0) is 20.3. The molecule has 7 nitrogen and oxygen atoms in total. The van der Waals surface area contributed by atoms with Crippen molar-refractivity contribution in [3.63, 3.8) is 0 Å². The van der Waals surface area contributed by atoms with Crippen molar-refractivity contribution in [2.75, 3.05) is 18.2 Å². The Labute approximate surface area is 169 Å². The number of thiazole rings is 1. The minimum Gasteiger partial charge on any atom is -0.451 e. The fourth-order valence-corrected chi connectivity index (χ4v) is 4.58. The summed E-state index contributed by atoms with van der Waals surface area (Å²) in [4.78, 5) is 29.1. The highest BCUT2D eigenvalue weighted by Gasteiger charge is 2.19. The zero-order valence-electron chi connectivity index (χ0n) is 15.0. The average molecular weight is 437 g/mol. The largest absolute Gasteiger partial charge is 0.451 e. The Balaban J connectivity index is 1.58. The average Bonchev–Trinajstić information content (AvgIpc) is 3.29. The van der Waals surface area contributed by atoms with Gasteiger partial charge in [-0.1, -0.05) is 0 Å². The number of esters is 1. The number of amides is 1. The van der Waals surface area contributed by atoms with Gasteiger partial charge in [0.05, 0.1) is 10.6 Å². The van der Waals surface area contributed by atoms with Crippen molar-refractivity contribution in [1.29, 1.82) is 0 Å². The minimum atomic E-state index is -3.30. The molecule has 28 heavy (non-hydrogen) atoms. The summed E-state index contributed by atoms with van der Waals surface area (Å²) >= 11 is 2.76. The Morgan fingerprint density at radius 3 is 2.50 bits per heavy atom. The highest BCUT2D eigenvalue weighted by atomic mass is 32.2. The molecule has 1 amide bonds. The van der Waals surface area contributed by atoms with Crippen LogP contribution < -0.4 is 5.32 Å². The molecule has 1 aromatic carbocycles. The molecule has 0 unspecified atom stereocenters. The molecule has 0 spiro atoms. The molecule has 0 atom stereocenters. The number of hydrogen-bond donors (Lipinski definition) is 1. The SMILES string of the molecule is Cc1nc(-c2ccsc2)sc1C(=O)OCC(=O)Nc1ccc(S(C)(=O)=O)cc1. The summed E-state index contributed by atoms with van der Waals surface area (Å²) in [6.45, 7) is 1.25. The second-order valence-corrected chi connectivity index (χ2v) is 9.66. The first-order valence-corrected chi connectivity index (χ1v) is 11.7. The number of carbonyl (C=O) groups excluding carboxylic acids is 2. The first-order valence-electron chi connectivity index (χ1n) is 8.01. The number of thiophene rings is 1. The highest BCUT2D eigenvalue weighted by Crippen LogP contribution is 2.29. The number of nitrogens with zero attached hydrogens (tertiary/aromatic N) is 1. The Hall–Kier alpha value is -2.56. The van der Waals surface area contributed by atoms with Crippen molar-refractivity contribution < 1.29 is 22.7 Å². The molecule has 0 aliphatic heterocycles. The number of aryl methyl sites for hydroxylation is 1. The maximum atomic E-state index is 12.3. The summed E-state index contributed by atoms with van der Waals surface area (Å²) in [6, 6.07) is 7.64. The second-order valence-electron chi connectivity index (χ2n) is 5.87. The number of anilines is 1. The number of aromatic nitrogens is 1. The van der Waals surface area contributed by atoms with Gasteiger partial charge in [-0.25, -0.2) is 18.2 Å². The van der Waals surface area contributed by atoms with Crippen molar-refractivity contribution in [2.45, 2.75) is 11.8 Å². The fraction of sp³-hybridized carbons (Fsp3) is 0.167. The quantitative estimate of drug-likeness (QED) is 0.594. The summed E-state index contributed by atoms with van der Waals surface area (Å²) < 4.78 is 27.9. The molecule has 0 bridgehead atoms. The molecule has 1 N–H and O–H groups in total. The molecule has 0 radical (unpaired) electrons. The molecule has 2 heterocycles. The third kappa shape index (κ3) is 4.83. The summed E-state index contributed by atoms with van der Waals surface area (Å²) in [6.07, 6.45) is 1.10. The molecule has 0 aliphatic carbocycles. The summed E-state index contributed by atoms with van der Waals surface area (Å²) in [5.74, 6) is -1.14. The van der Waals surface area contributed by atoms with Gasteiger partial charge in [-0.05, 0) is 42.6 Å². The first-order chi connectivity index (χ1) is 13.2. The fourth-order valence-electron chi connectivity index (χ4n) is 2.27. The van der Waals surface area contributed by atoms with Crippen molar-refractivity contribution >= 4 is 50.1 Å². The number of nitrogens with one attached hydrogen (secondary N) is 1. The van der Waals surface area contributed by atoms with E-state index in [0.717, 1.165) is 16.8 Å². The summed E-state index contributed by atoms with van der Waals surface area (Å²) in [7, 11) is -3.30. The second kappa shape index (κ2) is 8.21. The van der Waals surface area contributed by atoms with Crippen LogP contribution in [0.25, 0.3) is 10.6 Å². The number of ether oxygens (including phenoxy) is 1. The lowest BCUT2D eigenvalue weighted by molar-refractivity contribution is -0.119. The van der Waals surface area contributed by atoms with E-state index in [1.54, 1.807) is 6.92 Å². The van der Waals surface area contributed by atoms with Crippen LogP contribution in [0.4, 0.5) is 5.69 Å². The Bertz CT molecular complexity index is 1100. The van der Waals surface area contributed by atoms with Crippen LogP contribution >= 0.6 is 22.7 Å². The van der Waals surface area contributed by atoms with Gasteiger partial charge in [0.2, 0.25) is 0 Å². The van der Waals surface area contributed by atoms with E-state index >= 15 is 0 Å². The molecule has 3 rings (SSSR count). The van der Waals surface area contributed by atoms with Gasteiger partial charge in [-0.3, -0.25) is 4.79 Å². The molecule has 2 aromatic heterocycles. The molecular formula is C18H16N2O5S3. The molecule has 146 valence electrons. The molecular weight excluding hydrogens is 420 g/mol. The minimum absolute atomic E-state index is 0.152. The van der Waals surface area contributed by atoms with Crippen LogP contribution in [-0.2, 0) is 19.4 Å². The van der Waals surface area contributed by atoms with E-state index in [1.165, 1.54) is 46.9 Å². The van der Waals surface area contributed by atoms with E-state index in [9.17, 15) is 18.0 Å². The van der Waals surface area contributed by atoms with Gasteiger partial charge in [0, 0.05) is 22.9 Å². The number of sulfone groups is 1. The lowest BCUT2D eigenvalue weighted by atomic mass is 10.3. The van der Waals surface area contributed by atoms with Crippen molar-refractivity contribution in [2.24, 2.45) is 0 Å². The smallest absolute Gasteiger partial charge is 0.350 e. The van der Waals surface area contributed by atoms with E-state index in [-0.39, 0.29) is 4.90 Å². The van der Waals surface area contributed by atoms with Gasteiger partial charge in [0.15, 0.2) is 16.4 Å². The normalized spacial score (nSPS) is 11.2. The van der Waals surface area contributed by atoms with Gasteiger partial charge in [0.1, 0.15) is 9.88 Å². The topological polar surface area (TPSA) is 102 Å². The molecule has 0 saturated heterocycles. The Kier molecular flexibility index (Phi) is 5.92. The van der Waals surface area contributed by atoms with Crippen LogP contribution in [0.3, 0.4) is 0 Å². The molecule has 3 aromatic rings. The number of benzene rings is 1. The van der Waals surface area contributed by atoms with Crippen LogP contribution in [0, 0.1) is 6.92 Å². The standard InChI is InChI=1S/C18H16N2O5S3/c1-11-16(27-17(19-11)12-7-8-26-10-12)18(22)25-9-15(21)20-13-3-5-14(6-4-13)28(2,23)24/h3-8,10H,9H2,1-2H3,(H,20,21). The van der Waals surface area contributed by atoms with Gasteiger partial charge in [0.25, 0.3) is 5.91 Å². The van der Waals surface area contributed by atoms with Crippen molar-refractivity contribution in [3.05, 3.63) is 51.7 Å². The molecule has 0 aliphatic rings. The zero-order valence-corrected chi connectivity index (χ0v) is 17.4. The monoisotopic (exact) mass is 436 g/mol. The predicted octanol–water partition coefficient (Wildman–Crippen LogP) is 3.38. The van der Waals surface area contributed by atoms with Crippen LogP contribution in [0.2, 0.25) is 0 Å². The lowest BCUT2D eigenvalue weighted by Crippen LogP contribution is -2.20. The van der Waals surface area contributed by atoms with Crippen LogP contribution in [0.5, 0.6) is 0 Å². The molecule has 10 heteroatoms. The Morgan fingerprint density at radius 2 is 1.89 bits per heavy atom. The van der Waals surface area contributed by atoms with E-state index in [0.29, 0.717) is 16.3 Å². The van der Waals surface area contributed by atoms with Gasteiger partial charge in [-0.15, -0.1) is 11.3 Å². The van der Waals surface area contributed by atoms with Gasteiger partial charge < -0.3 is 10.1 Å². The lowest BCUT2D eigenvalue weighted by Gasteiger charge is -2.07. The maximum Gasteiger partial charge on any atom is 0.350 e. The predicted molar refractivity (Wildman–Crippen MR) is 109 cm³/mol. The third-order valence-electron chi connectivity index (χ3n) is 3.65. The van der Waals surface area contributed by atoms with Crippen LogP contribution in [0.1, 0.15) is 15.4 Å². The van der Waals surface area contributed by atoms with E-state index in [4.69, 9.17) is 4.74 Å². The first kappa shape index (κ1) is 20.2. The molecule has 0 fully saturated rings. The third-order valence-corrected chi connectivity index (χ3v) is 6.65. The number of carbonyl (C=O) groups is 2. The van der Waals surface area contributed by atoms with E-state index in [2.05, 4.69) is 10.3 Å². The maximum absolute atomic E-state index is 12.3. The number of hydrogen-bond acceptors (Lipinski definition) is 8. The van der Waals surface area contributed by atoms with Crippen molar-refractivity contribution in [1.82, 2.24) is 4.98 Å². The summed E-state index contributed by atoms with van der Waals surface area (Å²) in [5.41, 5.74) is 1.89. The Morgan fingerprint density at radius 1 is 1.18 bits per heavy atom. The van der Waals surface area contributed by atoms with Gasteiger partial charge >= 0.3 is 5.97 Å². The van der Waals surface area contributed by atoms with Crippen molar-refractivity contribution in [3.8, 4) is 10.6 Å². The van der Waals surface area contributed by atoms with Crippen LogP contribution in [-0.4, -0.2) is 38.1 Å².